The smallest absolute Gasteiger partial charge is 0.244 e. The average molecular weight is 423 g/mol. The number of rotatable bonds is 6. The van der Waals surface area contributed by atoms with Gasteiger partial charge in [-0.2, -0.15) is 4.98 Å². The molecule has 1 saturated carbocycles. The lowest BCUT2D eigenvalue weighted by atomic mass is 9.98. The SMILES string of the molecule is Fc1ccc(CN2CCC[C@H]2c2nc(-c3ccc(OC4CCCCC4)nc3)no2)cc1. The van der Waals surface area contributed by atoms with Crippen molar-refractivity contribution < 1.29 is 13.7 Å². The van der Waals surface area contributed by atoms with Gasteiger partial charge in [0.15, 0.2) is 0 Å². The summed E-state index contributed by atoms with van der Waals surface area (Å²) in [6.07, 6.45) is 10.0. The van der Waals surface area contributed by atoms with Crippen molar-refractivity contribution in [2.45, 2.75) is 63.6 Å². The Hall–Kier alpha value is -2.80. The van der Waals surface area contributed by atoms with Crippen LogP contribution < -0.4 is 4.74 Å². The first-order valence-corrected chi connectivity index (χ1v) is 11.2. The minimum absolute atomic E-state index is 0.0770. The van der Waals surface area contributed by atoms with Crippen molar-refractivity contribution in [1.82, 2.24) is 20.0 Å². The van der Waals surface area contributed by atoms with Crippen LogP contribution in [0.1, 0.15) is 62.4 Å². The van der Waals surface area contributed by atoms with Gasteiger partial charge >= 0.3 is 0 Å². The molecule has 2 fully saturated rings. The third-order valence-electron chi connectivity index (χ3n) is 6.22. The Morgan fingerprint density at radius 2 is 1.84 bits per heavy atom. The van der Waals surface area contributed by atoms with Crippen LogP contribution in [0.25, 0.3) is 11.4 Å². The fourth-order valence-electron chi connectivity index (χ4n) is 4.54. The second kappa shape index (κ2) is 9.14. The number of nitrogens with zero attached hydrogens (tertiary/aromatic N) is 4. The maximum absolute atomic E-state index is 13.2. The molecule has 0 spiro atoms. The largest absolute Gasteiger partial charge is 0.474 e. The zero-order chi connectivity index (χ0) is 21.0. The molecule has 2 aromatic heterocycles. The third kappa shape index (κ3) is 4.77. The van der Waals surface area contributed by atoms with Crippen LogP contribution in [0.3, 0.4) is 0 Å². The number of hydrogen-bond donors (Lipinski definition) is 0. The summed E-state index contributed by atoms with van der Waals surface area (Å²) in [5.41, 5.74) is 1.89. The molecule has 1 atom stereocenters. The monoisotopic (exact) mass is 422 g/mol. The van der Waals surface area contributed by atoms with Gasteiger partial charge in [-0.1, -0.05) is 23.7 Å². The van der Waals surface area contributed by atoms with E-state index in [1.165, 1.54) is 31.4 Å². The van der Waals surface area contributed by atoms with Crippen LogP contribution in [0.2, 0.25) is 0 Å². The van der Waals surface area contributed by atoms with Crippen molar-refractivity contribution in [1.29, 1.82) is 0 Å². The Balaban J connectivity index is 1.25. The highest BCUT2D eigenvalue weighted by molar-refractivity contribution is 5.53. The second-order valence-electron chi connectivity index (χ2n) is 8.47. The molecule has 0 radical (unpaired) electrons. The molecule has 1 saturated heterocycles. The molecule has 162 valence electrons. The van der Waals surface area contributed by atoms with Gasteiger partial charge in [0, 0.05) is 24.4 Å². The van der Waals surface area contributed by atoms with E-state index in [0.29, 0.717) is 17.6 Å². The van der Waals surface area contributed by atoms with Crippen molar-refractivity contribution in [3.05, 3.63) is 59.9 Å². The number of likely N-dealkylation sites (tertiary alicyclic amines) is 1. The van der Waals surface area contributed by atoms with Crippen molar-refractivity contribution in [2.75, 3.05) is 6.54 Å². The van der Waals surface area contributed by atoms with Crippen molar-refractivity contribution >= 4 is 0 Å². The number of halogens is 1. The van der Waals surface area contributed by atoms with Gasteiger partial charge in [-0.25, -0.2) is 9.37 Å². The number of aromatic nitrogens is 3. The van der Waals surface area contributed by atoms with Crippen molar-refractivity contribution in [3.63, 3.8) is 0 Å². The molecule has 5 rings (SSSR count). The lowest BCUT2D eigenvalue weighted by Gasteiger charge is -2.22. The van der Waals surface area contributed by atoms with Crippen LogP contribution in [-0.2, 0) is 6.54 Å². The highest BCUT2D eigenvalue weighted by Gasteiger charge is 2.31. The quantitative estimate of drug-likeness (QED) is 0.536. The lowest BCUT2D eigenvalue weighted by Crippen LogP contribution is -2.23. The molecule has 0 amide bonds. The topological polar surface area (TPSA) is 64.3 Å². The summed E-state index contributed by atoms with van der Waals surface area (Å²) in [5, 5.41) is 4.19. The average Bonchev–Trinajstić information content (AvgIpc) is 3.46. The fraction of sp³-hybridized carbons (Fsp3) is 0.458. The van der Waals surface area contributed by atoms with Gasteiger partial charge in [-0.15, -0.1) is 0 Å². The van der Waals surface area contributed by atoms with E-state index in [1.807, 2.05) is 24.3 Å². The van der Waals surface area contributed by atoms with Gasteiger partial charge in [0.05, 0.1) is 6.04 Å². The molecule has 2 aliphatic rings. The molecule has 1 aliphatic carbocycles. The summed E-state index contributed by atoms with van der Waals surface area (Å²) < 4.78 is 24.8. The van der Waals surface area contributed by atoms with Crippen LogP contribution in [-0.4, -0.2) is 32.7 Å². The lowest BCUT2D eigenvalue weighted by molar-refractivity contribution is 0.148. The van der Waals surface area contributed by atoms with E-state index in [0.717, 1.165) is 49.9 Å². The predicted octanol–water partition coefficient (Wildman–Crippen LogP) is 5.32. The standard InChI is InChI=1S/C24H27FN4O2/c25-19-11-8-17(9-12-19)16-29-14-4-7-21(29)24-27-23(28-31-24)18-10-13-22(26-15-18)30-20-5-2-1-3-6-20/h8-13,15,20-21H,1-7,14,16H2/t21-/m0/s1. The van der Waals surface area contributed by atoms with E-state index in [2.05, 4.69) is 20.0 Å². The summed E-state index contributed by atoms with van der Waals surface area (Å²) in [4.78, 5) is 11.4. The molecule has 1 aromatic carbocycles. The summed E-state index contributed by atoms with van der Waals surface area (Å²) in [6.45, 7) is 1.69. The van der Waals surface area contributed by atoms with Gasteiger partial charge < -0.3 is 9.26 Å². The molecular formula is C24H27FN4O2. The highest BCUT2D eigenvalue weighted by atomic mass is 19.1. The normalized spacial score (nSPS) is 20.2. The van der Waals surface area contributed by atoms with Crippen molar-refractivity contribution in [2.24, 2.45) is 0 Å². The highest BCUT2D eigenvalue weighted by Crippen LogP contribution is 2.33. The molecule has 1 aliphatic heterocycles. The molecule has 0 unspecified atom stereocenters. The van der Waals surface area contributed by atoms with E-state index in [9.17, 15) is 4.39 Å². The molecule has 0 bridgehead atoms. The van der Waals surface area contributed by atoms with Crippen LogP contribution in [0.15, 0.2) is 47.1 Å². The maximum Gasteiger partial charge on any atom is 0.244 e. The number of pyridine rings is 1. The molecule has 3 aromatic rings. The summed E-state index contributed by atoms with van der Waals surface area (Å²) in [6, 6.07) is 10.5. The number of benzene rings is 1. The Morgan fingerprint density at radius 1 is 1.00 bits per heavy atom. The Bertz CT molecular complexity index is 984. The summed E-state index contributed by atoms with van der Waals surface area (Å²) >= 11 is 0. The van der Waals surface area contributed by atoms with Crippen LogP contribution >= 0.6 is 0 Å². The Labute approximate surface area is 181 Å². The van der Waals surface area contributed by atoms with E-state index >= 15 is 0 Å². The number of ether oxygens (including phenoxy) is 1. The maximum atomic E-state index is 13.2. The first kappa shape index (κ1) is 20.1. The molecular weight excluding hydrogens is 395 g/mol. The zero-order valence-corrected chi connectivity index (χ0v) is 17.5. The molecule has 31 heavy (non-hydrogen) atoms. The first-order valence-electron chi connectivity index (χ1n) is 11.2. The third-order valence-corrected chi connectivity index (χ3v) is 6.22. The molecule has 3 heterocycles. The minimum Gasteiger partial charge on any atom is -0.474 e. The van der Waals surface area contributed by atoms with E-state index in [4.69, 9.17) is 9.26 Å². The summed E-state index contributed by atoms with van der Waals surface area (Å²) in [5.74, 6) is 1.60. The molecule has 0 N–H and O–H groups in total. The zero-order valence-electron chi connectivity index (χ0n) is 17.5. The Kier molecular flexibility index (Phi) is 5.93. The van der Waals surface area contributed by atoms with E-state index < -0.39 is 0 Å². The van der Waals surface area contributed by atoms with Gasteiger partial charge in [-0.05, 0) is 68.8 Å². The number of hydrogen-bond acceptors (Lipinski definition) is 6. The Morgan fingerprint density at radius 3 is 2.61 bits per heavy atom. The van der Waals surface area contributed by atoms with Gasteiger partial charge in [0.25, 0.3) is 0 Å². The molecule has 7 heteroatoms. The minimum atomic E-state index is -0.216. The van der Waals surface area contributed by atoms with Crippen LogP contribution in [0.5, 0.6) is 5.88 Å². The van der Waals surface area contributed by atoms with Crippen LogP contribution in [0, 0.1) is 5.82 Å². The predicted molar refractivity (Wildman–Crippen MR) is 114 cm³/mol. The van der Waals surface area contributed by atoms with Crippen LogP contribution in [0.4, 0.5) is 4.39 Å². The summed E-state index contributed by atoms with van der Waals surface area (Å²) in [7, 11) is 0. The fourth-order valence-corrected chi connectivity index (χ4v) is 4.54. The van der Waals surface area contributed by atoms with Gasteiger partial charge in [0.2, 0.25) is 17.6 Å². The van der Waals surface area contributed by atoms with E-state index in [1.54, 1.807) is 6.20 Å². The van der Waals surface area contributed by atoms with Gasteiger partial charge in [-0.3, -0.25) is 4.90 Å². The van der Waals surface area contributed by atoms with Crippen molar-refractivity contribution in [3.8, 4) is 17.3 Å². The molecule has 6 nitrogen and oxygen atoms in total. The van der Waals surface area contributed by atoms with Gasteiger partial charge in [0.1, 0.15) is 11.9 Å². The first-order chi connectivity index (χ1) is 15.2. The van der Waals surface area contributed by atoms with E-state index in [-0.39, 0.29) is 18.0 Å². The second-order valence-corrected chi connectivity index (χ2v) is 8.47.